The molecule has 20 heavy (non-hydrogen) atoms. The molecule has 3 heteroatoms. The van der Waals surface area contributed by atoms with Crippen molar-refractivity contribution in [2.75, 3.05) is 6.50 Å². The van der Waals surface area contributed by atoms with E-state index in [1.165, 1.54) is 6.42 Å². The molecule has 1 aromatic rings. The molecular formula is C17H25NO2. The van der Waals surface area contributed by atoms with Crippen LogP contribution in [0, 0.1) is 0 Å². The van der Waals surface area contributed by atoms with Crippen molar-refractivity contribution in [1.29, 1.82) is 0 Å². The summed E-state index contributed by atoms with van der Waals surface area (Å²) in [6.07, 6.45) is 7.49. The second-order valence-corrected chi connectivity index (χ2v) is 5.59. The van der Waals surface area contributed by atoms with Gasteiger partial charge in [-0.15, -0.1) is 0 Å². The first kappa shape index (κ1) is 12.6. The summed E-state index contributed by atoms with van der Waals surface area (Å²) >= 11 is 0. The van der Waals surface area contributed by atoms with Gasteiger partial charge in [0.05, 0.1) is 11.7 Å². The summed E-state index contributed by atoms with van der Waals surface area (Å²) in [5.41, 5.74) is 6.11. The van der Waals surface area contributed by atoms with Gasteiger partial charge in [0.1, 0.15) is 0 Å². The van der Waals surface area contributed by atoms with E-state index in [-0.39, 0.29) is 6.42 Å². The largest absolute Gasteiger partial charge is 0.388 e. The average molecular weight is 277 g/mol. The first-order valence-electron chi connectivity index (χ1n) is 8.26. The fraction of sp³-hybridized carbons (Fsp3) is 0.529. The number of aliphatic hydroxyl groups is 2. The van der Waals surface area contributed by atoms with Crippen LogP contribution in [0.2, 0.25) is 0 Å². The molecule has 1 aliphatic rings. The SMILES string of the molecule is [2H]C([2H])(N)CC(O)c1cccc(/C=C/C2(O)CCCCC2)c1. The number of hydrogen-bond donors (Lipinski definition) is 3. The summed E-state index contributed by atoms with van der Waals surface area (Å²) < 4.78 is 14.7. The predicted molar refractivity (Wildman–Crippen MR) is 82.1 cm³/mol. The Labute approximate surface area is 123 Å². The van der Waals surface area contributed by atoms with Gasteiger partial charge in [-0.1, -0.05) is 49.6 Å². The molecule has 0 radical (unpaired) electrons. The van der Waals surface area contributed by atoms with E-state index in [0.717, 1.165) is 31.2 Å². The van der Waals surface area contributed by atoms with Crippen molar-refractivity contribution < 1.29 is 13.0 Å². The van der Waals surface area contributed by atoms with Gasteiger partial charge in [-0.25, -0.2) is 0 Å². The Morgan fingerprint density at radius 1 is 1.35 bits per heavy atom. The van der Waals surface area contributed by atoms with Gasteiger partial charge in [0.15, 0.2) is 0 Å². The molecule has 1 unspecified atom stereocenters. The van der Waals surface area contributed by atoms with E-state index in [0.29, 0.717) is 5.56 Å². The smallest absolute Gasteiger partial charge is 0.0830 e. The third kappa shape index (κ3) is 4.17. The second kappa shape index (κ2) is 7.02. The second-order valence-electron chi connectivity index (χ2n) is 5.59. The van der Waals surface area contributed by atoms with Crippen LogP contribution in [0.15, 0.2) is 30.3 Å². The molecule has 0 spiro atoms. The third-order valence-corrected chi connectivity index (χ3v) is 3.91. The van der Waals surface area contributed by atoms with Crippen LogP contribution in [0.3, 0.4) is 0 Å². The molecular weight excluding hydrogens is 250 g/mol. The molecule has 1 saturated carbocycles. The van der Waals surface area contributed by atoms with E-state index in [4.69, 9.17) is 8.48 Å². The lowest BCUT2D eigenvalue weighted by molar-refractivity contribution is 0.0521. The number of nitrogens with two attached hydrogens (primary N) is 1. The maximum Gasteiger partial charge on any atom is 0.0830 e. The Morgan fingerprint density at radius 3 is 2.80 bits per heavy atom. The maximum atomic E-state index is 10.5. The molecule has 4 N–H and O–H groups in total. The van der Waals surface area contributed by atoms with Crippen LogP contribution >= 0.6 is 0 Å². The van der Waals surface area contributed by atoms with Crippen LogP contribution in [0.4, 0.5) is 0 Å². The van der Waals surface area contributed by atoms with Crippen LogP contribution in [-0.4, -0.2) is 22.3 Å². The molecule has 0 heterocycles. The summed E-state index contributed by atoms with van der Waals surface area (Å²) in [5, 5.41) is 20.5. The van der Waals surface area contributed by atoms with E-state index >= 15 is 0 Å². The molecule has 0 bridgehead atoms. The summed E-state index contributed by atoms with van der Waals surface area (Å²) in [6, 6.07) is 7.27. The van der Waals surface area contributed by atoms with Crippen molar-refractivity contribution in [3.8, 4) is 0 Å². The van der Waals surface area contributed by atoms with E-state index in [1.54, 1.807) is 12.1 Å². The van der Waals surface area contributed by atoms with Crippen molar-refractivity contribution >= 4 is 6.08 Å². The number of hydrogen-bond acceptors (Lipinski definition) is 3. The summed E-state index contributed by atoms with van der Waals surface area (Å²) in [6.45, 7) is -1.90. The summed E-state index contributed by atoms with van der Waals surface area (Å²) in [4.78, 5) is 0. The molecule has 1 aromatic carbocycles. The normalized spacial score (nSPS) is 22.4. The van der Waals surface area contributed by atoms with Crippen LogP contribution in [0.5, 0.6) is 0 Å². The zero-order valence-corrected chi connectivity index (χ0v) is 11.8. The minimum atomic E-state index is -1.90. The highest BCUT2D eigenvalue weighted by Crippen LogP contribution is 2.30. The number of benzene rings is 1. The average Bonchev–Trinajstić information content (AvgIpc) is 2.45. The van der Waals surface area contributed by atoms with E-state index in [1.807, 2.05) is 24.3 Å². The molecule has 2 rings (SSSR count). The number of aliphatic hydroxyl groups excluding tert-OH is 1. The van der Waals surface area contributed by atoms with Crippen molar-refractivity contribution in [3.63, 3.8) is 0 Å². The van der Waals surface area contributed by atoms with Gasteiger partial charge in [-0.05, 0) is 43.0 Å². The first-order chi connectivity index (χ1) is 10.3. The van der Waals surface area contributed by atoms with Crippen molar-refractivity contribution in [1.82, 2.24) is 0 Å². The molecule has 1 fully saturated rings. The Balaban J connectivity index is 2.08. The van der Waals surface area contributed by atoms with Crippen LogP contribution in [0.1, 0.15) is 58.5 Å². The molecule has 110 valence electrons. The third-order valence-electron chi connectivity index (χ3n) is 3.91. The van der Waals surface area contributed by atoms with Gasteiger partial charge >= 0.3 is 0 Å². The Hall–Kier alpha value is -1.16. The van der Waals surface area contributed by atoms with E-state index in [9.17, 15) is 10.2 Å². The highest BCUT2D eigenvalue weighted by Gasteiger charge is 2.25. The zero-order valence-electron chi connectivity index (χ0n) is 13.8. The minimum absolute atomic E-state index is 0.149. The predicted octanol–water partition coefficient (Wildman–Crippen LogP) is 2.78. The molecule has 0 aliphatic heterocycles. The molecule has 1 aliphatic carbocycles. The molecule has 0 aromatic heterocycles. The fourth-order valence-electron chi connectivity index (χ4n) is 2.68. The van der Waals surface area contributed by atoms with Gasteiger partial charge in [0.25, 0.3) is 0 Å². The van der Waals surface area contributed by atoms with Crippen LogP contribution < -0.4 is 5.73 Å². The van der Waals surface area contributed by atoms with Gasteiger partial charge < -0.3 is 15.9 Å². The highest BCUT2D eigenvalue weighted by atomic mass is 16.3. The maximum absolute atomic E-state index is 10.5. The van der Waals surface area contributed by atoms with Gasteiger partial charge in [0.2, 0.25) is 0 Å². The quantitative estimate of drug-likeness (QED) is 0.775. The van der Waals surface area contributed by atoms with E-state index < -0.39 is 18.2 Å². The van der Waals surface area contributed by atoms with Crippen molar-refractivity contribution in [2.45, 2.75) is 50.2 Å². The molecule has 3 nitrogen and oxygen atoms in total. The van der Waals surface area contributed by atoms with E-state index in [2.05, 4.69) is 0 Å². The lowest BCUT2D eigenvalue weighted by Gasteiger charge is -2.28. The van der Waals surface area contributed by atoms with Crippen LogP contribution in [0.25, 0.3) is 6.08 Å². The Kier molecular flexibility index (Phi) is 4.41. The molecule has 0 amide bonds. The molecule has 1 atom stereocenters. The van der Waals surface area contributed by atoms with Crippen molar-refractivity contribution in [3.05, 3.63) is 41.5 Å². The minimum Gasteiger partial charge on any atom is -0.388 e. The van der Waals surface area contributed by atoms with Gasteiger partial charge in [0, 0.05) is 2.74 Å². The first-order valence-corrected chi connectivity index (χ1v) is 7.26. The van der Waals surface area contributed by atoms with Crippen LogP contribution in [-0.2, 0) is 0 Å². The highest BCUT2D eigenvalue weighted by molar-refractivity contribution is 5.52. The Bertz CT molecular complexity index is 520. The summed E-state index contributed by atoms with van der Waals surface area (Å²) in [7, 11) is 0. The number of rotatable bonds is 5. The van der Waals surface area contributed by atoms with Gasteiger partial charge in [-0.2, -0.15) is 0 Å². The Morgan fingerprint density at radius 2 is 2.10 bits per heavy atom. The molecule has 0 saturated heterocycles. The topological polar surface area (TPSA) is 66.5 Å². The monoisotopic (exact) mass is 277 g/mol. The van der Waals surface area contributed by atoms with Gasteiger partial charge in [-0.3, -0.25) is 0 Å². The zero-order chi connectivity index (χ0) is 16.2. The standard InChI is InChI=1S/C17H25NO2/c18-12-8-16(19)15-6-4-5-14(13-15)7-11-17(20)9-2-1-3-10-17/h4-7,11,13,16,19-20H,1-3,8-10,12,18H2/b11-7+/i12D2. The van der Waals surface area contributed by atoms with Crippen molar-refractivity contribution in [2.24, 2.45) is 5.73 Å². The fourth-order valence-corrected chi connectivity index (χ4v) is 2.68. The summed E-state index contributed by atoms with van der Waals surface area (Å²) in [5.74, 6) is 0. The lowest BCUT2D eigenvalue weighted by atomic mass is 9.84. The lowest BCUT2D eigenvalue weighted by Crippen LogP contribution is -2.28.